The molecule has 2 aromatic heterocycles. The molecule has 0 amide bonds. The average molecular weight is 419 g/mol. The predicted molar refractivity (Wildman–Crippen MR) is 117 cm³/mol. The van der Waals surface area contributed by atoms with E-state index in [-0.39, 0.29) is 6.61 Å². The van der Waals surface area contributed by atoms with Gasteiger partial charge in [-0.3, -0.25) is 4.68 Å². The molecule has 31 heavy (non-hydrogen) atoms. The maximum atomic E-state index is 9.90. The van der Waals surface area contributed by atoms with Crippen molar-refractivity contribution in [3.8, 4) is 17.3 Å². The van der Waals surface area contributed by atoms with Crippen molar-refractivity contribution in [2.45, 2.75) is 25.3 Å². The van der Waals surface area contributed by atoms with Crippen molar-refractivity contribution < 1.29 is 9.84 Å². The molecule has 1 aliphatic heterocycles. The number of aromatic nitrogens is 4. The highest BCUT2D eigenvalue weighted by atomic mass is 16.5. The minimum Gasteiger partial charge on any atom is -0.395 e. The highest BCUT2D eigenvalue weighted by Gasteiger charge is 2.35. The van der Waals surface area contributed by atoms with Gasteiger partial charge < -0.3 is 20.5 Å². The Hall–Kier alpha value is -3.48. The number of methoxy groups -OCH3 is 1. The Bertz CT molecular complexity index is 1120. The molecule has 0 saturated carbocycles. The standard InChI is InChI=1S/C22H25N7O2/c1-22(14-30)13-25-20-16(12-23)10-15(11-17(20)22)18-4-6-24-21(26-18)27-19-5-8-29(28-19)7-3-9-31-2/h4-6,8,10-11,25,30H,3,7,9,13-14H2,1-2H3,(H,24,26,27,28). The fraction of sp³-hybridized carbons (Fsp3) is 0.364. The quantitative estimate of drug-likeness (QED) is 0.477. The summed E-state index contributed by atoms with van der Waals surface area (Å²) < 4.78 is 6.91. The molecular weight excluding hydrogens is 394 g/mol. The van der Waals surface area contributed by atoms with Crippen LogP contribution in [0, 0.1) is 11.3 Å². The maximum Gasteiger partial charge on any atom is 0.228 e. The van der Waals surface area contributed by atoms with Crippen LogP contribution in [-0.2, 0) is 16.7 Å². The lowest BCUT2D eigenvalue weighted by molar-refractivity contribution is 0.189. The van der Waals surface area contributed by atoms with E-state index >= 15 is 0 Å². The molecule has 1 aromatic carbocycles. The first-order chi connectivity index (χ1) is 15.1. The number of hydrogen-bond donors (Lipinski definition) is 3. The summed E-state index contributed by atoms with van der Waals surface area (Å²) in [6.45, 7) is 4.00. The Kier molecular flexibility index (Phi) is 5.84. The highest BCUT2D eigenvalue weighted by molar-refractivity contribution is 5.76. The van der Waals surface area contributed by atoms with Crippen molar-refractivity contribution in [1.29, 1.82) is 5.26 Å². The van der Waals surface area contributed by atoms with Gasteiger partial charge in [-0.2, -0.15) is 10.4 Å². The predicted octanol–water partition coefficient (Wildman–Crippen LogP) is 2.67. The molecule has 1 aliphatic rings. The molecule has 3 aromatic rings. The first-order valence-corrected chi connectivity index (χ1v) is 10.1. The lowest BCUT2D eigenvalue weighted by Crippen LogP contribution is -2.28. The number of rotatable bonds is 8. The Morgan fingerprint density at radius 2 is 2.26 bits per heavy atom. The first-order valence-electron chi connectivity index (χ1n) is 10.1. The van der Waals surface area contributed by atoms with Crippen LogP contribution in [0.15, 0.2) is 36.7 Å². The van der Waals surface area contributed by atoms with Gasteiger partial charge in [0, 0.05) is 56.2 Å². The van der Waals surface area contributed by atoms with E-state index in [4.69, 9.17) is 4.74 Å². The van der Waals surface area contributed by atoms with Gasteiger partial charge in [0.15, 0.2) is 5.82 Å². The van der Waals surface area contributed by atoms with Crippen molar-refractivity contribution in [1.82, 2.24) is 19.7 Å². The number of nitrogens with one attached hydrogen (secondary N) is 2. The van der Waals surface area contributed by atoms with Gasteiger partial charge in [0.25, 0.3) is 0 Å². The van der Waals surface area contributed by atoms with E-state index in [9.17, 15) is 10.4 Å². The van der Waals surface area contributed by atoms with Crippen LogP contribution >= 0.6 is 0 Å². The average Bonchev–Trinajstić information content (AvgIpc) is 3.38. The van der Waals surface area contributed by atoms with Gasteiger partial charge in [-0.05, 0) is 30.2 Å². The second kappa shape index (κ2) is 8.71. The van der Waals surface area contributed by atoms with Crippen molar-refractivity contribution in [2.75, 3.05) is 37.5 Å². The summed E-state index contributed by atoms with van der Waals surface area (Å²) in [4.78, 5) is 8.91. The van der Waals surface area contributed by atoms with Gasteiger partial charge in [0.1, 0.15) is 6.07 Å². The summed E-state index contributed by atoms with van der Waals surface area (Å²) in [5, 5.41) is 30.4. The molecule has 0 saturated heterocycles. The highest BCUT2D eigenvalue weighted by Crippen LogP contribution is 2.41. The molecule has 0 spiro atoms. The van der Waals surface area contributed by atoms with Crippen LogP contribution in [0.1, 0.15) is 24.5 Å². The van der Waals surface area contributed by atoms with Crippen molar-refractivity contribution in [3.63, 3.8) is 0 Å². The number of aliphatic hydroxyl groups excluding tert-OH is 1. The van der Waals surface area contributed by atoms with Crippen LogP contribution in [0.4, 0.5) is 17.5 Å². The summed E-state index contributed by atoms with van der Waals surface area (Å²) in [5.41, 5.74) is 3.28. The molecular formula is C22H25N7O2. The summed E-state index contributed by atoms with van der Waals surface area (Å²) in [7, 11) is 1.68. The van der Waals surface area contributed by atoms with Gasteiger partial charge in [-0.25, -0.2) is 9.97 Å². The van der Waals surface area contributed by atoms with Crippen molar-refractivity contribution >= 4 is 17.5 Å². The Balaban J connectivity index is 1.59. The molecule has 9 heteroatoms. The van der Waals surface area contributed by atoms with E-state index in [0.717, 1.165) is 29.8 Å². The fourth-order valence-electron chi connectivity index (χ4n) is 3.68. The third-order valence-corrected chi connectivity index (χ3v) is 5.48. The van der Waals surface area contributed by atoms with Crippen molar-refractivity contribution in [2.24, 2.45) is 0 Å². The third kappa shape index (κ3) is 4.21. The van der Waals surface area contributed by atoms with Gasteiger partial charge in [0.05, 0.1) is 23.6 Å². The fourth-order valence-corrected chi connectivity index (χ4v) is 3.68. The van der Waals surface area contributed by atoms with Crippen LogP contribution < -0.4 is 10.6 Å². The molecule has 0 bridgehead atoms. The van der Waals surface area contributed by atoms with Gasteiger partial charge in [-0.15, -0.1) is 0 Å². The van der Waals surface area contributed by atoms with Gasteiger partial charge in [-0.1, -0.05) is 6.92 Å². The molecule has 9 nitrogen and oxygen atoms in total. The summed E-state index contributed by atoms with van der Waals surface area (Å²) in [6, 6.07) is 9.72. The van der Waals surface area contributed by atoms with E-state index in [1.807, 2.05) is 36.0 Å². The second-order valence-corrected chi connectivity index (χ2v) is 7.83. The van der Waals surface area contributed by atoms with E-state index in [1.165, 1.54) is 0 Å². The summed E-state index contributed by atoms with van der Waals surface area (Å²) in [5.74, 6) is 1.07. The van der Waals surface area contributed by atoms with Crippen LogP contribution in [-0.4, -0.2) is 51.7 Å². The van der Waals surface area contributed by atoms with E-state index < -0.39 is 5.41 Å². The monoisotopic (exact) mass is 419 g/mol. The van der Waals surface area contributed by atoms with E-state index in [0.29, 0.717) is 36.2 Å². The maximum absolute atomic E-state index is 9.90. The number of anilines is 3. The Morgan fingerprint density at radius 1 is 1.39 bits per heavy atom. The zero-order valence-electron chi connectivity index (χ0n) is 17.6. The second-order valence-electron chi connectivity index (χ2n) is 7.83. The summed E-state index contributed by atoms with van der Waals surface area (Å²) >= 11 is 0. The third-order valence-electron chi connectivity index (χ3n) is 5.48. The number of ether oxygens (including phenoxy) is 1. The molecule has 3 N–H and O–H groups in total. The van der Waals surface area contributed by atoms with Gasteiger partial charge >= 0.3 is 0 Å². The Morgan fingerprint density at radius 3 is 3.03 bits per heavy atom. The molecule has 0 radical (unpaired) electrons. The number of hydrogen-bond acceptors (Lipinski definition) is 8. The SMILES string of the molecule is COCCCn1ccc(Nc2nccc(-c3cc(C#N)c4c(c3)C(C)(CO)CN4)n2)n1. The van der Waals surface area contributed by atoms with Crippen LogP contribution in [0.2, 0.25) is 0 Å². The molecule has 4 rings (SSSR count). The smallest absolute Gasteiger partial charge is 0.228 e. The van der Waals surface area contributed by atoms with Gasteiger partial charge in [0.2, 0.25) is 5.95 Å². The first kappa shape index (κ1) is 20.8. The number of nitrogens with zero attached hydrogens (tertiary/aromatic N) is 5. The number of aryl methyl sites for hydroxylation is 1. The normalized spacial score (nSPS) is 17.1. The lowest BCUT2D eigenvalue weighted by atomic mass is 9.83. The van der Waals surface area contributed by atoms with Crippen molar-refractivity contribution in [3.05, 3.63) is 47.8 Å². The minimum atomic E-state index is -0.444. The molecule has 1 unspecified atom stereocenters. The molecule has 3 heterocycles. The molecule has 0 fully saturated rings. The zero-order chi connectivity index (χ0) is 21.8. The van der Waals surface area contributed by atoms with E-state index in [1.54, 1.807) is 19.4 Å². The lowest BCUT2D eigenvalue weighted by Gasteiger charge is -2.21. The summed E-state index contributed by atoms with van der Waals surface area (Å²) in [6.07, 6.45) is 4.44. The minimum absolute atomic E-state index is 0.00899. The van der Waals surface area contributed by atoms with E-state index in [2.05, 4.69) is 31.8 Å². The molecule has 160 valence electrons. The molecule has 1 atom stereocenters. The number of fused-ring (bicyclic) bond motifs is 1. The van der Waals surface area contributed by atoms with Crippen LogP contribution in [0.3, 0.4) is 0 Å². The van der Waals surface area contributed by atoms with Crippen LogP contribution in [0.5, 0.6) is 0 Å². The number of benzene rings is 1. The zero-order valence-corrected chi connectivity index (χ0v) is 17.6. The molecule has 0 aliphatic carbocycles. The number of aliphatic hydroxyl groups is 1. The van der Waals surface area contributed by atoms with Crippen LogP contribution in [0.25, 0.3) is 11.3 Å². The Labute approximate surface area is 180 Å². The topological polar surface area (TPSA) is 121 Å². The largest absolute Gasteiger partial charge is 0.395 e. The number of nitriles is 1.